The zero-order valence-electron chi connectivity index (χ0n) is 16.1. The van der Waals surface area contributed by atoms with Gasteiger partial charge in [-0.05, 0) is 54.0 Å². The van der Waals surface area contributed by atoms with Crippen molar-refractivity contribution < 1.29 is 23.8 Å². The molecule has 0 aliphatic carbocycles. The van der Waals surface area contributed by atoms with Gasteiger partial charge in [0.2, 0.25) is 0 Å². The van der Waals surface area contributed by atoms with Gasteiger partial charge in [0.25, 0.3) is 0 Å². The second kappa shape index (κ2) is 10.6. The van der Waals surface area contributed by atoms with Crippen molar-refractivity contribution in [2.75, 3.05) is 33.4 Å². The number of carbonyl (C=O) groups is 2. The first-order valence-corrected chi connectivity index (χ1v) is 9.33. The summed E-state index contributed by atoms with van der Waals surface area (Å²) in [5.74, 6) is 0.419. The second-order valence-electron chi connectivity index (χ2n) is 6.79. The molecule has 0 saturated carbocycles. The quantitative estimate of drug-likeness (QED) is 0.265. The number of carbonyl (C=O) groups excluding carboxylic acids is 2. The average molecular weight is 430 g/mol. The SMILES string of the molecule is CNCCOCCOC(=O)Oc1cc(C)cc(C)c1C(C)(C)CC(=O)Br. The molecular weight excluding hydrogens is 402 g/mol. The van der Waals surface area contributed by atoms with E-state index in [4.69, 9.17) is 14.2 Å². The van der Waals surface area contributed by atoms with E-state index in [2.05, 4.69) is 21.2 Å². The van der Waals surface area contributed by atoms with Crippen molar-refractivity contribution in [3.05, 3.63) is 28.8 Å². The van der Waals surface area contributed by atoms with E-state index in [0.29, 0.717) is 19.0 Å². The first-order chi connectivity index (χ1) is 12.2. The molecule has 0 aliphatic heterocycles. The van der Waals surface area contributed by atoms with Gasteiger partial charge in [0.05, 0.1) is 13.2 Å². The van der Waals surface area contributed by atoms with Gasteiger partial charge in [-0.1, -0.05) is 19.9 Å². The number of hydrogen-bond donors (Lipinski definition) is 1. The molecule has 0 aliphatic rings. The molecule has 1 rings (SSSR count). The fourth-order valence-electron chi connectivity index (χ4n) is 2.89. The number of aryl methyl sites for hydroxylation is 2. The molecule has 0 atom stereocenters. The minimum Gasteiger partial charge on any atom is -0.432 e. The lowest BCUT2D eigenvalue weighted by Crippen LogP contribution is -2.24. The third-order valence-corrected chi connectivity index (χ3v) is 4.12. The molecule has 0 heterocycles. The number of ether oxygens (including phenoxy) is 3. The standard InChI is InChI=1S/C19H28BrNO5/c1-13-10-14(2)17(19(3,4)12-16(20)22)15(11-13)26-18(23)25-9-8-24-7-6-21-5/h10-11,21H,6-9,12H2,1-5H3. The number of halogens is 1. The van der Waals surface area contributed by atoms with Crippen molar-refractivity contribution in [3.63, 3.8) is 0 Å². The molecule has 0 aromatic heterocycles. The predicted molar refractivity (Wildman–Crippen MR) is 104 cm³/mol. The normalized spacial score (nSPS) is 11.3. The third-order valence-electron chi connectivity index (χ3n) is 3.84. The minimum atomic E-state index is -0.783. The molecule has 0 unspecified atom stereocenters. The van der Waals surface area contributed by atoms with E-state index < -0.39 is 11.6 Å². The van der Waals surface area contributed by atoms with Crippen molar-refractivity contribution in [3.8, 4) is 5.75 Å². The van der Waals surface area contributed by atoms with Crippen LogP contribution in [0.2, 0.25) is 0 Å². The second-order valence-corrected chi connectivity index (χ2v) is 7.67. The summed E-state index contributed by atoms with van der Waals surface area (Å²) in [6.45, 7) is 9.45. The van der Waals surface area contributed by atoms with Gasteiger partial charge in [0.1, 0.15) is 12.4 Å². The maximum absolute atomic E-state index is 12.0. The summed E-state index contributed by atoms with van der Waals surface area (Å²) >= 11 is 2.99. The van der Waals surface area contributed by atoms with Gasteiger partial charge in [-0.2, -0.15) is 0 Å². The largest absolute Gasteiger partial charge is 0.513 e. The highest BCUT2D eigenvalue weighted by Gasteiger charge is 2.30. The number of hydrogen-bond acceptors (Lipinski definition) is 6. The lowest BCUT2D eigenvalue weighted by atomic mass is 9.78. The Morgan fingerprint density at radius 2 is 1.85 bits per heavy atom. The monoisotopic (exact) mass is 429 g/mol. The lowest BCUT2D eigenvalue weighted by molar-refractivity contribution is -0.111. The smallest absolute Gasteiger partial charge is 0.432 e. The van der Waals surface area contributed by atoms with Gasteiger partial charge in [0, 0.05) is 23.9 Å². The Morgan fingerprint density at radius 3 is 2.46 bits per heavy atom. The molecule has 0 bridgehead atoms. The Bertz CT molecular complexity index is 631. The molecule has 6 nitrogen and oxygen atoms in total. The van der Waals surface area contributed by atoms with Crippen molar-refractivity contribution in [2.24, 2.45) is 0 Å². The fraction of sp³-hybridized carbons (Fsp3) is 0.579. The van der Waals surface area contributed by atoms with E-state index >= 15 is 0 Å². The van der Waals surface area contributed by atoms with Crippen LogP contribution >= 0.6 is 15.9 Å². The molecule has 1 aromatic rings. The molecule has 0 radical (unpaired) electrons. The van der Waals surface area contributed by atoms with Crippen molar-refractivity contribution >= 4 is 26.8 Å². The first kappa shape index (κ1) is 22.6. The van der Waals surface area contributed by atoms with E-state index in [1.165, 1.54) is 0 Å². The predicted octanol–water partition coefficient (Wildman–Crippen LogP) is 3.64. The third kappa shape index (κ3) is 7.43. The van der Waals surface area contributed by atoms with Gasteiger partial charge in [-0.15, -0.1) is 0 Å². The highest BCUT2D eigenvalue weighted by Crippen LogP contribution is 2.38. The Labute approximate surface area is 163 Å². The Hall–Kier alpha value is -1.44. The van der Waals surface area contributed by atoms with Gasteiger partial charge < -0.3 is 19.5 Å². The van der Waals surface area contributed by atoms with Crippen LogP contribution in [0.1, 0.15) is 37.0 Å². The number of rotatable bonds is 10. The summed E-state index contributed by atoms with van der Waals surface area (Å²) in [4.78, 5) is 23.6. The molecule has 0 fully saturated rings. The van der Waals surface area contributed by atoms with E-state index in [1.54, 1.807) is 6.07 Å². The number of likely N-dealkylation sites (N-methyl/N-ethyl adjacent to an activating group) is 1. The zero-order chi connectivity index (χ0) is 19.7. The molecule has 0 spiro atoms. The van der Waals surface area contributed by atoms with E-state index in [1.807, 2.05) is 40.8 Å². The van der Waals surface area contributed by atoms with Crippen LogP contribution in [-0.4, -0.2) is 44.3 Å². The molecule has 1 N–H and O–H groups in total. The Morgan fingerprint density at radius 1 is 1.15 bits per heavy atom. The van der Waals surface area contributed by atoms with Gasteiger partial charge in [-0.3, -0.25) is 4.79 Å². The van der Waals surface area contributed by atoms with E-state index in [9.17, 15) is 9.59 Å². The molecule has 0 amide bonds. The van der Waals surface area contributed by atoms with Crippen LogP contribution < -0.4 is 10.1 Å². The Kier molecular flexibility index (Phi) is 9.25. The maximum atomic E-state index is 12.0. The van der Waals surface area contributed by atoms with E-state index in [0.717, 1.165) is 23.2 Å². The topological polar surface area (TPSA) is 73.9 Å². The summed E-state index contributed by atoms with van der Waals surface area (Å²) in [6, 6.07) is 3.79. The van der Waals surface area contributed by atoms with Crippen molar-refractivity contribution in [1.29, 1.82) is 0 Å². The summed E-state index contributed by atoms with van der Waals surface area (Å²) in [5.41, 5.74) is 2.25. The van der Waals surface area contributed by atoms with Gasteiger partial charge in [0.15, 0.2) is 4.69 Å². The Balaban J connectivity index is 2.82. The maximum Gasteiger partial charge on any atom is 0.513 e. The number of nitrogens with one attached hydrogen (secondary N) is 1. The molecule has 1 aromatic carbocycles. The van der Waals surface area contributed by atoms with Gasteiger partial charge >= 0.3 is 6.16 Å². The van der Waals surface area contributed by atoms with Crippen LogP contribution in [-0.2, 0) is 19.7 Å². The first-order valence-electron chi connectivity index (χ1n) is 8.54. The van der Waals surface area contributed by atoms with Crippen LogP contribution in [0, 0.1) is 13.8 Å². The van der Waals surface area contributed by atoms with Crippen molar-refractivity contribution in [1.82, 2.24) is 5.32 Å². The summed E-state index contributed by atoms with van der Waals surface area (Å²) in [5, 5.41) is 2.96. The van der Waals surface area contributed by atoms with Crippen LogP contribution in [0.5, 0.6) is 5.75 Å². The highest BCUT2D eigenvalue weighted by molar-refractivity contribution is 9.18. The lowest BCUT2D eigenvalue weighted by Gasteiger charge is -2.28. The molecule has 146 valence electrons. The van der Waals surface area contributed by atoms with Crippen LogP contribution in [0.25, 0.3) is 0 Å². The number of benzene rings is 1. The van der Waals surface area contributed by atoms with Crippen LogP contribution in [0.15, 0.2) is 12.1 Å². The summed E-state index contributed by atoms with van der Waals surface area (Å²) in [6.07, 6.45) is -0.504. The van der Waals surface area contributed by atoms with Crippen molar-refractivity contribution in [2.45, 2.75) is 39.5 Å². The summed E-state index contributed by atoms with van der Waals surface area (Å²) in [7, 11) is 1.84. The molecular formula is C19H28BrNO5. The van der Waals surface area contributed by atoms with Crippen LogP contribution in [0.4, 0.5) is 4.79 Å². The summed E-state index contributed by atoms with van der Waals surface area (Å²) < 4.78 is 15.7. The molecule has 7 heteroatoms. The fourth-order valence-corrected chi connectivity index (χ4v) is 3.59. The minimum absolute atomic E-state index is 0.102. The highest BCUT2D eigenvalue weighted by atomic mass is 79.9. The van der Waals surface area contributed by atoms with Gasteiger partial charge in [-0.25, -0.2) is 4.79 Å². The zero-order valence-corrected chi connectivity index (χ0v) is 17.7. The molecule has 0 saturated heterocycles. The van der Waals surface area contributed by atoms with Crippen LogP contribution in [0.3, 0.4) is 0 Å². The van der Waals surface area contributed by atoms with E-state index in [-0.39, 0.29) is 17.7 Å². The molecule has 26 heavy (non-hydrogen) atoms. The average Bonchev–Trinajstić information content (AvgIpc) is 2.48.